The van der Waals surface area contributed by atoms with Crippen LogP contribution in [0.25, 0.3) is 16.7 Å². The summed E-state index contributed by atoms with van der Waals surface area (Å²) in [4.78, 5) is 16.3. The molecule has 3 N–H and O–H groups in total. The standard InChI is InChI=1S/C17H17FN4O/c1-10(19)16-21-14-7-6-12(18)9-15(14)22(16)13-5-3-4-11(8-13)17(23)20-2/h3-10H,19H2,1-2H3,(H,20,23)/t10-/m0/s1. The number of carbonyl (C=O) groups excluding carboxylic acids is 1. The van der Waals surface area contributed by atoms with E-state index < -0.39 is 0 Å². The summed E-state index contributed by atoms with van der Waals surface area (Å²) < 4.78 is 15.5. The maximum absolute atomic E-state index is 13.7. The van der Waals surface area contributed by atoms with Crippen LogP contribution in [0.5, 0.6) is 0 Å². The lowest BCUT2D eigenvalue weighted by Crippen LogP contribution is -2.18. The molecule has 1 aromatic heterocycles. The van der Waals surface area contributed by atoms with E-state index in [1.54, 1.807) is 35.9 Å². The van der Waals surface area contributed by atoms with E-state index in [0.717, 1.165) is 0 Å². The third kappa shape index (κ3) is 2.68. The number of hydrogen-bond donors (Lipinski definition) is 2. The van der Waals surface area contributed by atoms with E-state index in [2.05, 4.69) is 10.3 Å². The highest BCUT2D eigenvalue weighted by Gasteiger charge is 2.17. The summed E-state index contributed by atoms with van der Waals surface area (Å²) in [5.41, 5.74) is 8.52. The molecule has 0 saturated heterocycles. The summed E-state index contributed by atoms with van der Waals surface area (Å²) in [6.45, 7) is 1.82. The van der Waals surface area contributed by atoms with Crippen LogP contribution in [0.3, 0.4) is 0 Å². The van der Waals surface area contributed by atoms with Gasteiger partial charge in [0, 0.05) is 24.4 Å². The number of halogens is 1. The zero-order valence-electron chi connectivity index (χ0n) is 12.9. The quantitative estimate of drug-likeness (QED) is 0.780. The van der Waals surface area contributed by atoms with Crippen LogP contribution >= 0.6 is 0 Å². The first-order chi connectivity index (χ1) is 11.0. The van der Waals surface area contributed by atoms with Crippen molar-refractivity contribution in [2.24, 2.45) is 5.73 Å². The predicted octanol–water partition coefficient (Wildman–Crippen LogP) is 2.54. The first-order valence-electron chi connectivity index (χ1n) is 7.27. The summed E-state index contributed by atoms with van der Waals surface area (Å²) >= 11 is 0. The Morgan fingerprint density at radius 3 is 2.78 bits per heavy atom. The van der Waals surface area contributed by atoms with E-state index in [1.165, 1.54) is 12.1 Å². The van der Waals surface area contributed by atoms with Gasteiger partial charge in [0.2, 0.25) is 0 Å². The fraction of sp³-hybridized carbons (Fsp3) is 0.176. The number of nitrogens with two attached hydrogens (primary N) is 1. The van der Waals surface area contributed by atoms with Crippen LogP contribution in [0.15, 0.2) is 42.5 Å². The average Bonchev–Trinajstić information content (AvgIpc) is 2.93. The van der Waals surface area contributed by atoms with Gasteiger partial charge >= 0.3 is 0 Å². The molecule has 0 radical (unpaired) electrons. The molecular weight excluding hydrogens is 295 g/mol. The molecule has 0 aliphatic heterocycles. The molecule has 0 aliphatic carbocycles. The minimum Gasteiger partial charge on any atom is -0.355 e. The Morgan fingerprint density at radius 1 is 1.30 bits per heavy atom. The molecule has 0 unspecified atom stereocenters. The van der Waals surface area contributed by atoms with Crippen molar-refractivity contribution in [2.45, 2.75) is 13.0 Å². The number of carbonyl (C=O) groups is 1. The lowest BCUT2D eigenvalue weighted by molar-refractivity contribution is 0.0963. The van der Waals surface area contributed by atoms with Crippen LogP contribution in [0.4, 0.5) is 4.39 Å². The molecule has 3 aromatic rings. The number of fused-ring (bicyclic) bond motifs is 1. The highest BCUT2D eigenvalue weighted by molar-refractivity contribution is 5.94. The highest BCUT2D eigenvalue weighted by Crippen LogP contribution is 2.25. The summed E-state index contributed by atoms with van der Waals surface area (Å²) in [6.07, 6.45) is 0. The molecule has 1 heterocycles. The van der Waals surface area contributed by atoms with Crippen molar-refractivity contribution in [2.75, 3.05) is 7.05 Å². The molecule has 1 amide bonds. The first-order valence-corrected chi connectivity index (χ1v) is 7.27. The summed E-state index contributed by atoms with van der Waals surface area (Å²) in [6, 6.07) is 11.1. The van der Waals surface area contributed by atoms with E-state index in [1.807, 2.05) is 13.0 Å². The molecule has 0 bridgehead atoms. The minimum atomic E-state index is -0.350. The smallest absolute Gasteiger partial charge is 0.251 e. The van der Waals surface area contributed by atoms with Crippen LogP contribution in [0.2, 0.25) is 0 Å². The number of nitrogens with zero attached hydrogens (tertiary/aromatic N) is 2. The van der Waals surface area contributed by atoms with Gasteiger partial charge in [0.1, 0.15) is 11.6 Å². The Kier molecular flexibility index (Phi) is 3.83. The molecule has 5 nitrogen and oxygen atoms in total. The molecule has 23 heavy (non-hydrogen) atoms. The van der Waals surface area contributed by atoms with E-state index in [-0.39, 0.29) is 17.8 Å². The maximum Gasteiger partial charge on any atom is 0.251 e. The van der Waals surface area contributed by atoms with Crippen molar-refractivity contribution >= 4 is 16.9 Å². The van der Waals surface area contributed by atoms with Crippen molar-refractivity contribution in [3.8, 4) is 5.69 Å². The van der Waals surface area contributed by atoms with Crippen LogP contribution in [0.1, 0.15) is 29.1 Å². The number of rotatable bonds is 3. The largest absolute Gasteiger partial charge is 0.355 e. The number of aromatic nitrogens is 2. The number of amides is 1. The number of benzene rings is 2. The zero-order valence-corrected chi connectivity index (χ0v) is 12.9. The van der Waals surface area contributed by atoms with Gasteiger partial charge in [0.15, 0.2) is 0 Å². The summed E-state index contributed by atoms with van der Waals surface area (Å²) in [5, 5.41) is 2.59. The van der Waals surface area contributed by atoms with Gasteiger partial charge in [-0.3, -0.25) is 9.36 Å². The zero-order chi connectivity index (χ0) is 16.6. The van der Waals surface area contributed by atoms with Crippen LogP contribution in [0, 0.1) is 5.82 Å². The maximum atomic E-state index is 13.7. The second-order valence-electron chi connectivity index (χ2n) is 5.36. The van der Waals surface area contributed by atoms with Gasteiger partial charge in [-0.2, -0.15) is 0 Å². The third-order valence-electron chi connectivity index (χ3n) is 3.64. The Hall–Kier alpha value is -2.73. The van der Waals surface area contributed by atoms with Gasteiger partial charge in [-0.15, -0.1) is 0 Å². The van der Waals surface area contributed by atoms with Crippen LogP contribution < -0.4 is 11.1 Å². The Balaban J connectivity index is 2.28. The molecule has 0 fully saturated rings. The minimum absolute atomic E-state index is 0.190. The van der Waals surface area contributed by atoms with Crippen molar-refractivity contribution in [3.63, 3.8) is 0 Å². The molecule has 6 heteroatoms. The van der Waals surface area contributed by atoms with Crippen molar-refractivity contribution in [1.82, 2.24) is 14.9 Å². The first kappa shape index (κ1) is 15.2. The second-order valence-corrected chi connectivity index (χ2v) is 5.36. The van der Waals surface area contributed by atoms with E-state index in [9.17, 15) is 9.18 Å². The molecule has 1 atom stereocenters. The SMILES string of the molecule is CNC(=O)c1cccc(-n2c([C@H](C)N)nc3ccc(F)cc32)c1. The molecular formula is C17H17FN4O. The summed E-state index contributed by atoms with van der Waals surface area (Å²) in [5.74, 6) is 0.0711. The fourth-order valence-corrected chi connectivity index (χ4v) is 2.57. The number of imidazole rings is 1. The Bertz CT molecular complexity index is 885. The van der Waals surface area contributed by atoms with Crippen molar-refractivity contribution in [3.05, 3.63) is 59.7 Å². The second kappa shape index (κ2) is 5.81. The van der Waals surface area contributed by atoms with E-state index in [0.29, 0.717) is 28.1 Å². The average molecular weight is 312 g/mol. The fourth-order valence-electron chi connectivity index (χ4n) is 2.57. The highest BCUT2D eigenvalue weighted by atomic mass is 19.1. The molecule has 118 valence electrons. The summed E-state index contributed by atoms with van der Waals surface area (Å²) in [7, 11) is 1.57. The lowest BCUT2D eigenvalue weighted by Gasteiger charge is -2.12. The number of hydrogen-bond acceptors (Lipinski definition) is 3. The number of nitrogens with one attached hydrogen (secondary N) is 1. The molecule has 0 saturated carbocycles. The Morgan fingerprint density at radius 2 is 2.09 bits per heavy atom. The van der Waals surface area contributed by atoms with Crippen molar-refractivity contribution in [1.29, 1.82) is 0 Å². The van der Waals surface area contributed by atoms with Crippen LogP contribution in [-0.2, 0) is 0 Å². The van der Waals surface area contributed by atoms with Crippen molar-refractivity contribution < 1.29 is 9.18 Å². The van der Waals surface area contributed by atoms with E-state index in [4.69, 9.17) is 5.73 Å². The monoisotopic (exact) mass is 312 g/mol. The predicted molar refractivity (Wildman–Crippen MR) is 87.0 cm³/mol. The van der Waals surface area contributed by atoms with Gasteiger partial charge < -0.3 is 11.1 Å². The van der Waals surface area contributed by atoms with Gasteiger partial charge in [-0.25, -0.2) is 9.37 Å². The molecule has 3 rings (SSSR count). The lowest BCUT2D eigenvalue weighted by atomic mass is 10.1. The van der Waals surface area contributed by atoms with Gasteiger partial charge in [-0.1, -0.05) is 6.07 Å². The van der Waals surface area contributed by atoms with Gasteiger partial charge in [0.25, 0.3) is 5.91 Å². The van der Waals surface area contributed by atoms with Gasteiger partial charge in [-0.05, 0) is 37.3 Å². The third-order valence-corrected chi connectivity index (χ3v) is 3.64. The van der Waals surface area contributed by atoms with E-state index >= 15 is 0 Å². The normalized spacial score (nSPS) is 12.3. The molecule has 2 aromatic carbocycles. The Labute approximate surface area is 132 Å². The molecule has 0 spiro atoms. The van der Waals surface area contributed by atoms with Gasteiger partial charge in [0.05, 0.1) is 17.1 Å². The topological polar surface area (TPSA) is 72.9 Å². The van der Waals surface area contributed by atoms with Crippen LogP contribution in [-0.4, -0.2) is 22.5 Å². The molecule has 0 aliphatic rings.